The molecule has 0 spiro atoms. The third-order valence-corrected chi connectivity index (χ3v) is 4.32. The van der Waals surface area contributed by atoms with Crippen LogP contribution in [0.4, 0.5) is 5.69 Å². The molecule has 1 atom stereocenters. The van der Waals surface area contributed by atoms with E-state index in [4.69, 9.17) is 14.2 Å². The molecule has 6 nitrogen and oxygen atoms in total. The van der Waals surface area contributed by atoms with Crippen molar-refractivity contribution in [3.05, 3.63) is 53.1 Å². The van der Waals surface area contributed by atoms with Gasteiger partial charge in [-0.25, -0.2) is 4.79 Å². The summed E-state index contributed by atoms with van der Waals surface area (Å²) in [5.41, 5.74) is 3.15. The van der Waals surface area contributed by atoms with Crippen molar-refractivity contribution >= 4 is 17.6 Å². The number of carbonyl (C=O) groups is 2. The van der Waals surface area contributed by atoms with Gasteiger partial charge in [-0.15, -0.1) is 0 Å². The van der Waals surface area contributed by atoms with E-state index in [0.29, 0.717) is 23.5 Å². The summed E-state index contributed by atoms with van der Waals surface area (Å²) in [6.07, 6.45) is 0.338. The van der Waals surface area contributed by atoms with E-state index in [-0.39, 0.29) is 24.6 Å². The molecule has 4 rings (SSSR count). The lowest BCUT2D eigenvalue weighted by atomic mass is 9.84. The molecule has 2 heterocycles. The second-order valence-corrected chi connectivity index (χ2v) is 5.71. The molecular formula is C18H15NO5. The maximum Gasteiger partial charge on any atom is 0.337 e. The number of carbonyl (C=O) groups excluding carboxylic acids is 2. The smallest absolute Gasteiger partial charge is 0.337 e. The summed E-state index contributed by atoms with van der Waals surface area (Å²) in [6, 6.07) is 10.8. The quantitative estimate of drug-likeness (QED) is 0.859. The van der Waals surface area contributed by atoms with Gasteiger partial charge in [0.15, 0.2) is 11.5 Å². The zero-order chi connectivity index (χ0) is 16.7. The molecule has 0 bridgehead atoms. The van der Waals surface area contributed by atoms with Crippen LogP contribution in [0, 0.1) is 0 Å². The summed E-state index contributed by atoms with van der Waals surface area (Å²) in [5, 5.41) is 2.88. The van der Waals surface area contributed by atoms with Gasteiger partial charge < -0.3 is 19.5 Å². The highest BCUT2D eigenvalue weighted by molar-refractivity contribution is 5.96. The van der Waals surface area contributed by atoms with E-state index >= 15 is 0 Å². The predicted molar refractivity (Wildman–Crippen MR) is 85.4 cm³/mol. The van der Waals surface area contributed by atoms with E-state index in [1.54, 1.807) is 18.2 Å². The number of rotatable bonds is 2. The molecule has 2 aromatic rings. The average Bonchev–Trinajstić information content (AvgIpc) is 3.06. The topological polar surface area (TPSA) is 73.9 Å². The second-order valence-electron chi connectivity index (χ2n) is 5.71. The molecule has 122 valence electrons. The highest BCUT2D eigenvalue weighted by Gasteiger charge is 2.29. The van der Waals surface area contributed by atoms with Crippen LogP contribution in [-0.2, 0) is 9.53 Å². The van der Waals surface area contributed by atoms with Gasteiger partial charge in [-0.05, 0) is 29.3 Å². The second kappa shape index (κ2) is 5.56. The highest BCUT2D eigenvalue weighted by atomic mass is 16.7. The summed E-state index contributed by atoms with van der Waals surface area (Å²) >= 11 is 0. The number of ether oxygens (including phenoxy) is 3. The van der Waals surface area contributed by atoms with Crippen molar-refractivity contribution in [3.63, 3.8) is 0 Å². The third-order valence-electron chi connectivity index (χ3n) is 4.32. The van der Waals surface area contributed by atoms with Gasteiger partial charge >= 0.3 is 5.97 Å². The first-order chi connectivity index (χ1) is 11.7. The van der Waals surface area contributed by atoms with Gasteiger partial charge in [0.2, 0.25) is 12.7 Å². The number of nitrogens with one attached hydrogen (secondary N) is 1. The first-order valence-corrected chi connectivity index (χ1v) is 7.57. The van der Waals surface area contributed by atoms with Crippen molar-refractivity contribution in [2.75, 3.05) is 19.2 Å². The first-order valence-electron chi connectivity index (χ1n) is 7.57. The number of amides is 1. The molecule has 0 saturated carbocycles. The van der Waals surface area contributed by atoms with Gasteiger partial charge in [-0.2, -0.15) is 0 Å². The SMILES string of the molecule is COC(=O)c1ccc(C2CC(=O)Nc3cc4c(cc32)OCO4)cc1. The van der Waals surface area contributed by atoms with Crippen molar-refractivity contribution < 1.29 is 23.8 Å². The Morgan fingerprint density at radius 3 is 2.58 bits per heavy atom. The Kier molecular flexibility index (Phi) is 3.37. The van der Waals surface area contributed by atoms with Crippen LogP contribution in [-0.4, -0.2) is 25.8 Å². The monoisotopic (exact) mass is 325 g/mol. The molecule has 6 heteroatoms. The van der Waals surface area contributed by atoms with Crippen LogP contribution in [0.5, 0.6) is 11.5 Å². The molecule has 1 N–H and O–H groups in total. The van der Waals surface area contributed by atoms with Crippen LogP contribution in [0.15, 0.2) is 36.4 Å². The van der Waals surface area contributed by atoms with Crippen LogP contribution < -0.4 is 14.8 Å². The molecule has 0 aromatic heterocycles. The fraction of sp³-hybridized carbons (Fsp3) is 0.222. The number of fused-ring (bicyclic) bond motifs is 2. The summed E-state index contributed by atoms with van der Waals surface area (Å²) in [4.78, 5) is 23.6. The van der Waals surface area contributed by atoms with Gasteiger partial charge in [0.1, 0.15) is 0 Å². The predicted octanol–water partition coefficient (Wildman–Crippen LogP) is 2.68. The lowest BCUT2D eigenvalue weighted by molar-refractivity contribution is -0.116. The fourth-order valence-corrected chi connectivity index (χ4v) is 3.12. The average molecular weight is 325 g/mol. The first kappa shape index (κ1) is 14.6. The van der Waals surface area contributed by atoms with E-state index in [9.17, 15) is 9.59 Å². The summed E-state index contributed by atoms with van der Waals surface area (Å²) in [6.45, 7) is 0.185. The van der Waals surface area contributed by atoms with Crippen LogP contribution in [0.3, 0.4) is 0 Å². The Bertz CT molecular complexity index is 828. The number of methoxy groups -OCH3 is 1. The number of anilines is 1. The van der Waals surface area contributed by atoms with E-state index in [1.165, 1.54) is 7.11 Å². The Morgan fingerprint density at radius 1 is 1.17 bits per heavy atom. The molecule has 0 fully saturated rings. The molecule has 1 unspecified atom stereocenters. The van der Waals surface area contributed by atoms with Crippen molar-refractivity contribution in [2.45, 2.75) is 12.3 Å². The minimum absolute atomic E-state index is 0.0524. The van der Waals surface area contributed by atoms with Crippen molar-refractivity contribution in [3.8, 4) is 11.5 Å². The molecule has 2 aliphatic heterocycles. The molecule has 0 saturated heterocycles. The zero-order valence-corrected chi connectivity index (χ0v) is 13.0. The van der Waals surface area contributed by atoms with E-state index < -0.39 is 0 Å². The standard InChI is InChI=1S/C18H15NO5/c1-22-18(21)11-4-2-10(3-5-11)12-7-17(20)19-14-8-16-15(6-13(12)14)23-9-24-16/h2-6,8,12H,7,9H2,1H3,(H,19,20). The maximum atomic E-state index is 12.1. The molecule has 24 heavy (non-hydrogen) atoms. The van der Waals surface area contributed by atoms with E-state index in [1.807, 2.05) is 18.2 Å². The van der Waals surface area contributed by atoms with Gasteiger partial charge in [0.25, 0.3) is 0 Å². The van der Waals surface area contributed by atoms with Gasteiger partial charge in [-0.3, -0.25) is 4.79 Å². The Morgan fingerprint density at radius 2 is 1.88 bits per heavy atom. The van der Waals surface area contributed by atoms with Crippen LogP contribution >= 0.6 is 0 Å². The number of benzene rings is 2. The number of hydrogen-bond donors (Lipinski definition) is 1. The molecule has 1 amide bonds. The normalized spacial score (nSPS) is 17.9. The molecule has 0 aliphatic carbocycles. The number of esters is 1. The molecular weight excluding hydrogens is 310 g/mol. The Balaban J connectivity index is 1.74. The summed E-state index contributed by atoms with van der Waals surface area (Å²) < 4.78 is 15.5. The van der Waals surface area contributed by atoms with Crippen molar-refractivity contribution in [2.24, 2.45) is 0 Å². The Labute approximate surface area is 138 Å². The number of hydrogen-bond acceptors (Lipinski definition) is 5. The lowest BCUT2D eigenvalue weighted by Gasteiger charge is -2.26. The largest absolute Gasteiger partial charge is 0.465 e. The lowest BCUT2D eigenvalue weighted by Crippen LogP contribution is -2.23. The fourth-order valence-electron chi connectivity index (χ4n) is 3.12. The van der Waals surface area contributed by atoms with Crippen LogP contribution in [0.2, 0.25) is 0 Å². The van der Waals surface area contributed by atoms with Crippen LogP contribution in [0.25, 0.3) is 0 Å². The van der Waals surface area contributed by atoms with E-state index in [0.717, 1.165) is 16.8 Å². The van der Waals surface area contributed by atoms with Crippen LogP contribution in [0.1, 0.15) is 33.8 Å². The minimum Gasteiger partial charge on any atom is -0.465 e. The van der Waals surface area contributed by atoms with Crippen molar-refractivity contribution in [1.29, 1.82) is 0 Å². The maximum absolute atomic E-state index is 12.1. The molecule has 0 radical (unpaired) electrons. The Hall–Kier alpha value is -3.02. The van der Waals surface area contributed by atoms with E-state index in [2.05, 4.69) is 5.32 Å². The zero-order valence-electron chi connectivity index (χ0n) is 13.0. The molecule has 2 aromatic carbocycles. The third kappa shape index (κ3) is 2.36. The minimum atomic E-state index is -0.383. The van der Waals surface area contributed by atoms with Gasteiger partial charge in [0.05, 0.1) is 12.7 Å². The van der Waals surface area contributed by atoms with Gasteiger partial charge in [-0.1, -0.05) is 12.1 Å². The summed E-state index contributed by atoms with van der Waals surface area (Å²) in [7, 11) is 1.35. The highest BCUT2D eigenvalue weighted by Crippen LogP contribution is 2.44. The van der Waals surface area contributed by atoms with Gasteiger partial charge in [0, 0.05) is 24.1 Å². The van der Waals surface area contributed by atoms with Crippen molar-refractivity contribution in [1.82, 2.24) is 0 Å². The molecule has 2 aliphatic rings. The summed E-state index contributed by atoms with van der Waals surface area (Å²) in [5.74, 6) is 0.780.